The molecule has 4 rings (SSSR count). The monoisotopic (exact) mass is 380 g/mol. The Hall–Kier alpha value is -2.99. The smallest absolute Gasteiger partial charge is 0.341 e. The Labute approximate surface area is 161 Å². The van der Waals surface area contributed by atoms with E-state index < -0.39 is 11.5 Å². The zero-order valence-corrected chi connectivity index (χ0v) is 15.8. The summed E-state index contributed by atoms with van der Waals surface area (Å²) in [6, 6.07) is 8.40. The number of carboxylic acid groups (broad SMARTS) is 1. The van der Waals surface area contributed by atoms with Gasteiger partial charge in [0.25, 0.3) is 5.56 Å². The van der Waals surface area contributed by atoms with Crippen LogP contribution in [0.1, 0.15) is 45.8 Å². The number of nitrogens with zero attached hydrogens (tertiary/aromatic N) is 1. The molecule has 2 aromatic heterocycles. The topological polar surface area (TPSA) is 70.8 Å². The van der Waals surface area contributed by atoms with E-state index in [-0.39, 0.29) is 17.3 Å². The zero-order valence-electron chi connectivity index (χ0n) is 15.8. The molecule has 0 amide bonds. The molecule has 28 heavy (non-hydrogen) atoms. The molecule has 0 aliphatic heterocycles. The summed E-state index contributed by atoms with van der Waals surface area (Å²) in [7, 11) is 1.77. The van der Waals surface area contributed by atoms with Gasteiger partial charge in [-0.2, -0.15) is 0 Å². The van der Waals surface area contributed by atoms with Crippen LogP contribution in [0.15, 0.2) is 41.3 Å². The van der Waals surface area contributed by atoms with Gasteiger partial charge < -0.3 is 10.4 Å². The molecule has 0 radical (unpaired) electrons. The summed E-state index contributed by atoms with van der Waals surface area (Å²) < 4.78 is 15.8. The maximum atomic E-state index is 14.4. The van der Waals surface area contributed by atoms with Gasteiger partial charge >= 0.3 is 5.97 Å². The van der Waals surface area contributed by atoms with Crippen LogP contribution in [0, 0.1) is 12.7 Å². The molecule has 2 heterocycles. The molecule has 1 saturated carbocycles. The third-order valence-corrected chi connectivity index (χ3v) is 5.39. The zero-order chi connectivity index (χ0) is 20.0. The highest BCUT2D eigenvalue weighted by molar-refractivity contribution is 5.89. The Morgan fingerprint density at radius 3 is 2.64 bits per heavy atom. The van der Waals surface area contributed by atoms with Crippen LogP contribution in [-0.2, 0) is 6.54 Å². The van der Waals surface area contributed by atoms with Crippen LogP contribution >= 0.6 is 0 Å². The lowest BCUT2D eigenvalue weighted by molar-refractivity contribution is 0.0694. The number of carbonyl (C=O) groups is 1. The van der Waals surface area contributed by atoms with Crippen molar-refractivity contribution in [2.45, 2.75) is 32.2 Å². The van der Waals surface area contributed by atoms with E-state index in [4.69, 9.17) is 0 Å². The van der Waals surface area contributed by atoms with Gasteiger partial charge in [-0.05, 0) is 73.2 Å². The second-order valence-electron chi connectivity index (χ2n) is 7.31. The van der Waals surface area contributed by atoms with Crippen molar-refractivity contribution in [3.8, 4) is 11.1 Å². The normalized spacial score (nSPS) is 13.8. The number of aromatic carboxylic acids is 1. The summed E-state index contributed by atoms with van der Waals surface area (Å²) in [5.41, 5.74) is 3.85. The van der Waals surface area contributed by atoms with E-state index >= 15 is 0 Å². The fraction of sp³-hybridized carbons (Fsp3) is 0.273. The number of hydrogen-bond donors (Lipinski definition) is 2. The average molecular weight is 380 g/mol. The summed E-state index contributed by atoms with van der Waals surface area (Å²) in [6.07, 6.45) is 3.55. The molecule has 0 unspecified atom stereocenters. The van der Waals surface area contributed by atoms with Crippen molar-refractivity contribution in [2.75, 3.05) is 7.05 Å². The van der Waals surface area contributed by atoms with Crippen LogP contribution in [0.5, 0.6) is 0 Å². The first-order valence-electron chi connectivity index (χ1n) is 9.28. The van der Waals surface area contributed by atoms with Gasteiger partial charge in [-0.3, -0.25) is 9.20 Å². The predicted octanol–water partition coefficient (Wildman–Crippen LogP) is 3.71. The third kappa shape index (κ3) is 2.99. The number of nitrogens with one attached hydrogen (secondary N) is 1. The van der Waals surface area contributed by atoms with Crippen molar-refractivity contribution in [1.29, 1.82) is 0 Å². The maximum Gasteiger partial charge on any atom is 0.341 e. The number of aromatic nitrogens is 1. The number of carboxylic acids is 1. The van der Waals surface area contributed by atoms with Gasteiger partial charge in [-0.25, -0.2) is 9.18 Å². The van der Waals surface area contributed by atoms with Crippen LogP contribution in [-0.4, -0.2) is 22.5 Å². The molecule has 5 nitrogen and oxygen atoms in total. The van der Waals surface area contributed by atoms with E-state index in [1.807, 2.05) is 13.0 Å². The predicted molar refractivity (Wildman–Crippen MR) is 105 cm³/mol. The number of pyridine rings is 2. The van der Waals surface area contributed by atoms with Crippen molar-refractivity contribution in [3.05, 3.63) is 75.0 Å². The summed E-state index contributed by atoms with van der Waals surface area (Å²) >= 11 is 0. The second kappa shape index (κ2) is 6.87. The van der Waals surface area contributed by atoms with Crippen LogP contribution in [0.2, 0.25) is 0 Å². The fourth-order valence-electron chi connectivity index (χ4n) is 3.82. The van der Waals surface area contributed by atoms with Gasteiger partial charge in [0.05, 0.1) is 5.52 Å². The van der Waals surface area contributed by atoms with E-state index in [0.29, 0.717) is 12.1 Å². The minimum atomic E-state index is -1.22. The first-order valence-corrected chi connectivity index (χ1v) is 9.28. The molecule has 3 aromatic rings. The van der Waals surface area contributed by atoms with E-state index in [1.165, 1.54) is 16.5 Å². The molecule has 1 aliphatic rings. The van der Waals surface area contributed by atoms with Crippen molar-refractivity contribution in [1.82, 2.24) is 9.72 Å². The standard InChI is InChI=1S/C22H21FN2O3/c1-12-16(14-5-6-15(11-24-2)19(23)9-14)7-8-25-20(12)17(13-3-4-13)10-18(21(25)26)22(27)28/h5-10,13,24H,3-4,11H2,1-2H3,(H,27,28). The van der Waals surface area contributed by atoms with Crippen LogP contribution in [0.25, 0.3) is 16.6 Å². The lowest BCUT2D eigenvalue weighted by Gasteiger charge is -2.16. The molecular weight excluding hydrogens is 359 g/mol. The third-order valence-electron chi connectivity index (χ3n) is 5.39. The molecule has 1 fully saturated rings. The highest BCUT2D eigenvalue weighted by Gasteiger charge is 2.29. The summed E-state index contributed by atoms with van der Waals surface area (Å²) in [4.78, 5) is 24.1. The van der Waals surface area contributed by atoms with Gasteiger partial charge in [-0.1, -0.05) is 12.1 Å². The van der Waals surface area contributed by atoms with Gasteiger partial charge in [0, 0.05) is 18.3 Å². The quantitative estimate of drug-likeness (QED) is 0.708. The van der Waals surface area contributed by atoms with E-state index in [9.17, 15) is 19.1 Å². The minimum absolute atomic E-state index is 0.214. The molecule has 1 aliphatic carbocycles. The number of benzene rings is 1. The van der Waals surface area contributed by atoms with Crippen LogP contribution in [0.4, 0.5) is 4.39 Å². The van der Waals surface area contributed by atoms with Gasteiger partial charge in [0.2, 0.25) is 0 Å². The Kier molecular flexibility index (Phi) is 4.51. The Morgan fingerprint density at radius 2 is 2.04 bits per heavy atom. The van der Waals surface area contributed by atoms with Crippen molar-refractivity contribution in [3.63, 3.8) is 0 Å². The minimum Gasteiger partial charge on any atom is -0.477 e. The summed E-state index contributed by atoms with van der Waals surface area (Å²) in [5, 5.41) is 12.3. The second-order valence-corrected chi connectivity index (χ2v) is 7.31. The largest absolute Gasteiger partial charge is 0.477 e. The SMILES string of the molecule is CNCc1ccc(-c2ccn3c(=O)c(C(=O)O)cc(C4CC4)c3c2C)cc1F. The highest BCUT2D eigenvalue weighted by atomic mass is 19.1. The van der Waals surface area contributed by atoms with E-state index in [0.717, 1.165) is 40.6 Å². The van der Waals surface area contributed by atoms with Crippen molar-refractivity contribution < 1.29 is 14.3 Å². The average Bonchev–Trinajstić information content (AvgIpc) is 3.49. The van der Waals surface area contributed by atoms with Gasteiger partial charge in [0.1, 0.15) is 11.4 Å². The van der Waals surface area contributed by atoms with Crippen LogP contribution in [0.3, 0.4) is 0 Å². The van der Waals surface area contributed by atoms with Crippen molar-refractivity contribution in [2.24, 2.45) is 0 Å². The molecule has 1 aromatic carbocycles. The summed E-state index contributed by atoms with van der Waals surface area (Å²) in [5.74, 6) is -1.24. The van der Waals surface area contributed by atoms with Crippen LogP contribution < -0.4 is 10.9 Å². The molecule has 0 bridgehead atoms. The number of aryl methyl sites for hydroxylation is 1. The Bertz CT molecular complexity index is 1160. The first kappa shape index (κ1) is 18.4. The Morgan fingerprint density at radius 1 is 1.29 bits per heavy atom. The van der Waals surface area contributed by atoms with E-state index in [1.54, 1.807) is 25.4 Å². The summed E-state index contributed by atoms with van der Waals surface area (Å²) in [6.45, 7) is 2.35. The molecule has 0 spiro atoms. The number of hydrogen-bond acceptors (Lipinski definition) is 3. The maximum absolute atomic E-state index is 14.4. The first-order chi connectivity index (χ1) is 13.4. The molecule has 0 atom stereocenters. The molecule has 144 valence electrons. The highest BCUT2D eigenvalue weighted by Crippen LogP contribution is 2.43. The fourth-order valence-corrected chi connectivity index (χ4v) is 3.82. The van der Waals surface area contributed by atoms with Gasteiger partial charge in [-0.15, -0.1) is 0 Å². The molecule has 0 saturated heterocycles. The lowest BCUT2D eigenvalue weighted by Crippen LogP contribution is -2.23. The molecule has 2 N–H and O–H groups in total. The number of fused-ring (bicyclic) bond motifs is 1. The number of rotatable bonds is 5. The Balaban J connectivity index is 1.95. The molecular formula is C22H21FN2O3. The lowest BCUT2D eigenvalue weighted by atomic mass is 9.96. The van der Waals surface area contributed by atoms with E-state index in [2.05, 4.69) is 5.32 Å². The molecule has 6 heteroatoms. The number of halogens is 1. The van der Waals surface area contributed by atoms with Gasteiger partial charge in [0.15, 0.2) is 0 Å². The van der Waals surface area contributed by atoms with Crippen molar-refractivity contribution >= 4 is 11.5 Å².